The number of aliphatic hydroxyl groups is 1. The topological polar surface area (TPSA) is 105 Å². The molecular weight excluding hydrogens is 384 g/mol. The Hall–Kier alpha value is -2.67. The standard InChI is InChI=1S/C23H32N2O5/c1-23(2)16-30-21(28)12-8-4-7-11-18(22(29)25-23)14-20(27)24-19(15-26)13-17-9-5-3-6-10-17/h3-7,9-10,18-19,26H,8,11-16H2,1-2H3,(H,24,27)(H,25,29). The lowest BCUT2D eigenvalue weighted by Gasteiger charge is -2.28. The van der Waals surface area contributed by atoms with Gasteiger partial charge in [0.2, 0.25) is 11.8 Å². The van der Waals surface area contributed by atoms with Crippen molar-refractivity contribution in [3.8, 4) is 0 Å². The first-order chi connectivity index (χ1) is 14.3. The molecule has 7 heteroatoms. The number of carbonyl (C=O) groups is 3. The molecule has 164 valence electrons. The Morgan fingerprint density at radius 3 is 2.70 bits per heavy atom. The molecule has 1 aliphatic heterocycles. The van der Waals surface area contributed by atoms with Gasteiger partial charge in [-0.2, -0.15) is 0 Å². The summed E-state index contributed by atoms with van der Waals surface area (Å²) in [6, 6.07) is 9.19. The number of nitrogens with one attached hydrogen (secondary N) is 2. The van der Waals surface area contributed by atoms with Crippen LogP contribution in [0.15, 0.2) is 42.5 Å². The molecule has 0 saturated heterocycles. The highest BCUT2D eigenvalue weighted by atomic mass is 16.5. The van der Waals surface area contributed by atoms with E-state index in [9.17, 15) is 19.5 Å². The van der Waals surface area contributed by atoms with Gasteiger partial charge >= 0.3 is 5.97 Å². The van der Waals surface area contributed by atoms with Crippen LogP contribution in [0.2, 0.25) is 0 Å². The zero-order valence-corrected chi connectivity index (χ0v) is 17.7. The Kier molecular flexibility index (Phi) is 9.05. The number of ether oxygens (including phenoxy) is 1. The summed E-state index contributed by atoms with van der Waals surface area (Å²) in [6.07, 6.45) is 5.39. The lowest BCUT2D eigenvalue weighted by Crippen LogP contribution is -2.50. The number of carbonyl (C=O) groups excluding carboxylic acids is 3. The maximum atomic E-state index is 12.8. The molecule has 0 bridgehead atoms. The van der Waals surface area contributed by atoms with E-state index in [-0.39, 0.29) is 43.8 Å². The van der Waals surface area contributed by atoms with Gasteiger partial charge in [-0.3, -0.25) is 14.4 Å². The molecule has 7 nitrogen and oxygen atoms in total. The van der Waals surface area contributed by atoms with E-state index in [0.29, 0.717) is 19.3 Å². The Labute approximate surface area is 177 Å². The number of cyclic esters (lactones) is 1. The molecule has 0 fully saturated rings. The Morgan fingerprint density at radius 1 is 1.27 bits per heavy atom. The van der Waals surface area contributed by atoms with Crippen LogP contribution in [-0.4, -0.2) is 47.7 Å². The highest BCUT2D eigenvalue weighted by Gasteiger charge is 2.29. The Morgan fingerprint density at radius 2 is 2.00 bits per heavy atom. The third-order valence-electron chi connectivity index (χ3n) is 4.87. The number of esters is 1. The number of hydrogen-bond acceptors (Lipinski definition) is 5. The van der Waals surface area contributed by atoms with Gasteiger partial charge in [-0.25, -0.2) is 0 Å². The van der Waals surface area contributed by atoms with Crippen LogP contribution < -0.4 is 10.6 Å². The number of allylic oxidation sites excluding steroid dienone is 2. The molecule has 0 radical (unpaired) electrons. The fraction of sp³-hybridized carbons (Fsp3) is 0.522. The van der Waals surface area contributed by atoms with Crippen molar-refractivity contribution in [3.05, 3.63) is 48.0 Å². The third kappa shape index (κ3) is 8.37. The van der Waals surface area contributed by atoms with Gasteiger partial charge in [0.05, 0.1) is 24.1 Å². The van der Waals surface area contributed by atoms with Crippen LogP contribution in [0.25, 0.3) is 0 Å². The quantitative estimate of drug-likeness (QED) is 0.485. The van der Waals surface area contributed by atoms with Crippen LogP contribution in [-0.2, 0) is 25.5 Å². The summed E-state index contributed by atoms with van der Waals surface area (Å²) >= 11 is 0. The van der Waals surface area contributed by atoms with E-state index in [1.807, 2.05) is 42.5 Å². The van der Waals surface area contributed by atoms with E-state index >= 15 is 0 Å². The zero-order chi connectivity index (χ0) is 22.0. The average Bonchev–Trinajstić information content (AvgIpc) is 2.70. The second-order valence-corrected chi connectivity index (χ2v) is 8.32. The highest BCUT2D eigenvalue weighted by molar-refractivity contribution is 5.86. The molecule has 1 aliphatic rings. The molecule has 1 aromatic rings. The van der Waals surface area contributed by atoms with Crippen LogP contribution in [0.1, 0.15) is 45.1 Å². The molecule has 2 atom stereocenters. The number of rotatable bonds is 6. The predicted molar refractivity (Wildman–Crippen MR) is 113 cm³/mol. The first-order valence-electron chi connectivity index (χ1n) is 10.4. The predicted octanol–water partition coefficient (Wildman–Crippen LogP) is 1.89. The van der Waals surface area contributed by atoms with Gasteiger partial charge in [0, 0.05) is 12.8 Å². The smallest absolute Gasteiger partial charge is 0.306 e. The monoisotopic (exact) mass is 416 g/mol. The lowest BCUT2D eigenvalue weighted by molar-refractivity contribution is -0.146. The minimum atomic E-state index is -0.731. The molecule has 1 heterocycles. The van der Waals surface area contributed by atoms with Crippen molar-refractivity contribution in [2.75, 3.05) is 13.2 Å². The summed E-state index contributed by atoms with van der Waals surface area (Å²) in [4.78, 5) is 37.1. The molecule has 2 unspecified atom stereocenters. The van der Waals surface area contributed by atoms with E-state index in [4.69, 9.17) is 4.74 Å². The van der Waals surface area contributed by atoms with Gasteiger partial charge in [-0.1, -0.05) is 42.5 Å². The van der Waals surface area contributed by atoms with Crippen molar-refractivity contribution in [3.63, 3.8) is 0 Å². The first-order valence-corrected chi connectivity index (χ1v) is 10.4. The van der Waals surface area contributed by atoms with Gasteiger partial charge in [0.1, 0.15) is 6.61 Å². The summed E-state index contributed by atoms with van der Waals surface area (Å²) in [5.74, 6) is -1.39. The van der Waals surface area contributed by atoms with Crippen LogP contribution in [0.4, 0.5) is 0 Å². The van der Waals surface area contributed by atoms with Crippen LogP contribution in [0, 0.1) is 5.92 Å². The van der Waals surface area contributed by atoms with Gasteiger partial charge in [0.25, 0.3) is 0 Å². The first kappa shape index (κ1) is 23.6. The fourth-order valence-electron chi connectivity index (χ4n) is 3.24. The van der Waals surface area contributed by atoms with Gasteiger partial charge in [-0.15, -0.1) is 0 Å². The Bertz CT molecular complexity index is 745. The molecule has 3 N–H and O–H groups in total. The van der Waals surface area contributed by atoms with Gasteiger partial charge in [0.15, 0.2) is 0 Å². The SMILES string of the molecule is CC1(C)COC(=O)CCC=CCC(CC(=O)NC(CO)Cc2ccccc2)C(=O)N1. The minimum Gasteiger partial charge on any atom is -0.463 e. The molecule has 0 saturated carbocycles. The summed E-state index contributed by atoms with van der Waals surface area (Å²) in [5.41, 5.74) is 0.283. The van der Waals surface area contributed by atoms with Crippen molar-refractivity contribution in [2.24, 2.45) is 5.92 Å². The van der Waals surface area contributed by atoms with Crippen LogP contribution >= 0.6 is 0 Å². The molecule has 2 rings (SSSR count). The number of aliphatic hydroxyl groups excluding tert-OH is 1. The molecule has 2 amide bonds. The lowest BCUT2D eigenvalue weighted by atomic mass is 9.96. The molecule has 1 aromatic carbocycles. The number of benzene rings is 1. The second kappa shape index (κ2) is 11.5. The van der Waals surface area contributed by atoms with Crippen LogP contribution in [0.3, 0.4) is 0 Å². The summed E-state index contributed by atoms with van der Waals surface area (Å²) in [6.45, 7) is 3.44. The normalized spacial score (nSPS) is 20.8. The molecule has 0 aromatic heterocycles. The molecule has 0 spiro atoms. The number of amides is 2. The van der Waals surface area contributed by atoms with E-state index in [0.717, 1.165) is 5.56 Å². The van der Waals surface area contributed by atoms with Crippen molar-refractivity contribution >= 4 is 17.8 Å². The third-order valence-corrected chi connectivity index (χ3v) is 4.87. The summed E-state index contributed by atoms with van der Waals surface area (Å²) < 4.78 is 5.22. The van der Waals surface area contributed by atoms with E-state index < -0.39 is 17.5 Å². The summed E-state index contributed by atoms with van der Waals surface area (Å²) in [5, 5.41) is 15.4. The van der Waals surface area contributed by atoms with Crippen molar-refractivity contribution in [1.82, 2.24) is 10.6 Å². The van der Waals surface area contributed by atoms with E-state index in [1.165, 1.54) is 0 Å². The van der Waals surface area contributed by atoms with E-state index in [1.54, 1.807) is 13.8 Å². The van der Waals surface area contributed by atoms with Crippen molar-refractivity contribution in [2.45, 2.75) is 57.5 Å². The van der Waals surface area contributed by atoms with Crippen molar-refractivity contribution < 1.29 is 24.2 Å². The van der Waals surface area contributed by atoms with Gasteiger partial charge in [-0.05, 0) is 38.7 Å². The zero-order valence-electron chi connectivity index (χ0n) is 17.7. The van der Waals surface area contributed by atoms with Crippen molar-refractivity contribution in [1.29, 1.82) is 0 Å². The highest BCUT2D eigenvalue weighted by Crippen LogP contribution is 2.15. The maximum Gasteiger partial charge on any atom is 0.306 e. The molecule has 0 aliphatic carbocycles. The number of hydrogen-bond donors (Lipinski definition) is 3. The maximum absolute atomic E-state index is 12.8. The Balaban J connectivity index is 2.00. The van der Waals surface area contributed by atoms with Gasteiger partial charge < -0.3 is 20.5 Å². The van der Waals surface area contributed by atoms with E-state index in [2.05, 4.69) is 10.6 Å². The largest absolute Gasteiger partial charge is 0.463 e. The summed E-state index contributed by atoms with van der Waals surface area (Å²) in [7, 11) is 0. The second-order valence-electron chi connectivity index (χ2n) is 8.32. The molecular formula is C23H32N2O5. The minimum absolute atomic E-state index is 0.0112. The fourth-order valence-corrected chi connectivity index (χ4v) is 3.24. The molecule has 30 heavy (non-hydrogen) atoms. The average molecular weight is 417 g/mol. The van der Waals surface area contributed by atoms with Crippen LogP contribution in [0.5, 0.6) is 0 Å².